The standard InChI is InChI=1S/C15H24N2O2/c1-13-5-2-3-6-15(13)17-8-4-7-16(9-10-17)11-14(19)12-18/h2-3,5-6,14,18-19H,4,7-12H2,1H3. The molecule has 1 aromatic rings. The molecular weight excluding hydrogens is 240 g/mol. The summed E-state index contributed by atoms with van der Waals surface area (Å²) in [7, 11) is 0. The Labute approximate surface area is 115 Å². The Balaban J connectivity index is 1.95. The van der Waals surface area contributed by atoms with Gasteiger partial charge in [0, 0.05) is 31.9 Å². The van der Waals surface area contributed by atoms with Gasteiger partial charge in [0.2, 0.25) is 0 Å². The third kappa shape index (κ3) is 3.93. The van der Waals surface area contributed by atoms with Gasteiger partial charge in [-0.05, 0) is 31.5 Å². The number of β-amino-alcohol motifs (C(OH)–C–C–N with tert-alkyl or cyclic N) is 1. The molecule has 1 aliphatic heterocycles. The zero-order valence-corrected chi connectivity index (χ0v) is 11.6. The van der Waals surface area contributed by atoms with Gasteiger partial charge in [0.05, 0.1) is 12.7 Å². The van der Waals surface area contributed by atoms with Gasteiger partial charge in [-0.15, -0.1) is 0 Å². The highest BCUT2D eigenvalue weighted by atomic mass is 16.3. The first kappa shape index (κ1) is 14.3. The summed E-state index contributed by atoms with van der Waals surface area (Å²) in [6, 6.07) is 8.47. The first-order chi connectivity index (χ1) is 9.20. The number of nitrogens with zero attached hydrogens (tertiary/aromatic N) is 2. The molecule has 1 saturated heterocycles. The predicted molar refractivity (Wildman–Crippen MR) is 77.5 cm³/mol. The van der Waals surface area contributed by atoms with E-state index in [1.54, 1.807) is 0 Å². The van der Waals surface area contributed by atoms with Gasteiger partial charge in [-0.25, -0.2) is 0 Å². The summed E-state index contributed by atoms with van der Waals surface area (Å²) >= 11 is 0. The predicted octanol–water partition coefficient (Wildman–Crippen LogP) is 0.860. The second kappa shape index (κ2) is 6.89. The first-order valence-electron chi connectivity index (χ1n) is 7.02. The van der Waals surface area contributed by atoms with Gasteiger partial charge in [0.15, 0.2) is 0 Å². The zero-order valence-electron chi connectivity index (χ0n) is 11.6. The number of benzene rings is 1. The molecule has 1 fully saturated rings. The summed E-state index contributed by atoms with van der Waals surface area (Å²) in [5.41, 5.74) is 2.62. The Morgan fingerprint density at radius 2 is 1.95 bits per heavy atom. The fraction of sp³-hybridized carbons (Fsp3) is 0.600. The molecule has 4 nitrogen and oxygen atoms in total. The van der Waals surface area contributed by atoms with E-state index in [1.165, 1.54) is 11.3 Å². The summed E-state index contributed by atoms with van der Waals surface area (Å²) in [5, 5.41) is 18.4. The van der Waals surface area contributed by atoms with E-state index in [0.29, 0.717) is 6.54 Å². The first-order valence-corrected chi connectivity index (χ1v) is 7.02. The number of anilines is 1. The monoisotopic (exact) mass is 264 g/mol. The van der Waals surface area contributed by atoms with Crippen molar-refractivity contribution in [1.29, 1.82) is 0 Å². The lowest BCUT2D eigenvalue weighted by Crippen LogP contribution is -2.37. The van der Waals surface area contributed by atoms with Crippen molar-refractivity contribution in [2.24, 2.45) is 0 Å². The Morgan fingerprint density at radius 1 is 1.16 bits per heavy atom. The summed E-state index contributed by atoms with van der Waals surface area (Å²) in [6.45, 7) is 6.51. The van der Waals surface area contributed by atoms with Crippen LogP contribution in [0.25, 0.3) is 0 Å². The van der Waals surface area contributed by atoms with Crippen molar-refractivity contribution in [1.82, 2.24) is 4.90 Å². The molecule has 2 N–H and O–H groups in total. The van der Waals surface area contributed by atoms with Crippen LogP contribution in [0.3, 0.4) is 0 Å². The maximum Gasteiger partial charge on any atom is 0.0897 e. The van der Waals surface area contributed by atoms with Crippen molar-refractivity contribution in [2.75, 3.05) is 44.2 Å². The molecule has 0 aliphatic carbocycles. The second-order valence-electron chi connectivity index (χ2n) is 5.26. The zero-order chi connectivity index (χ0) is 13.7. The lowest BCUT2D eigenvalue weighted by molar-refractivity contribution is 0.0612. The molecule has 0 bridgehead atoms. The molecule has 0 spiro atoms. The molecule has 0 amide bonds. The van der Waals surface area contributed by atoms with Crippen LogP contribution in [0.15, 0.2) is 24.3 Å². The number of rotatable bonds is 4. The Bertz CT molecular complexity index is 397. The summed E-state index contributed by atoms with van der Waals surface area (Å²) in [4.78, 5) is 4.65. The minimum atomic E-state index is -0.620. The molecule has 1 aliphatic rings. The van der Waals surface area contributed by atoms with Gasteiger partial charge in [-0.2, -0.15) is 0 Å². The molecule has 19 heavy (non-hydrogen) atoms. The number of hydrogen-bond donors (Lipinski definition) is 2. The normalized spacial score (nSPS) is 19.2. The van der Waals surface area contributed by atoms with E-state index in [-0.39, 0.29) is 6.61 Å². The molecule has 1 aromatic carbocycles. The fourth-order valence-corrected chi connectivity index (χ4v) is 2.67. The highest BCUT2D eigenvalue weighted by Crippen LogP contribution is 2.20. The third-order valence-corrected chi connectivity index (χ3v) is 3.72. The molecule has 4 heteroatoms. The number of aliphatic hydroxyl groups excluding tert-OH is 2. The van der Waals surface area contributed by atoms with Crippen LogP contribution in [0.2, 0.25) is 0 Å². The molecule has 0 radical (unpaired) electrons. The lowest BCUT2D eigenvalue weighted by atomic mass is 10.2. The molecular formula is C15H24N2O2. The number of para-hydroxylation sites is 1. The van der Waals surface area contributed by atoms with Crippen molar-refractivity contribution in [2.45, 2.75) is 19.4 Å². The third-order valence-electron chi connectivity index (χ3n) is 3.72. The van der Waals surface area contributed by atoms with Gasteiger partial charge in [0.1, 0.15) is 0 Å². The quantitative estimate of drug-likeness (QED) is 0.847. The average molecular weight is 264 g/mol. The highest BCUT2D eigenvalue weighted by molar-refractivity contribution is 5.53. The maximum absolute atomic E-state index is 9.52. The highest BCUT2D eigenvalue weighted by Gasteiger charge is 2.17. The van der Waals surface area contributed by atoms with Crippen LogP contribution < -0.4 is 4.90 Å². The topological polar surface area (TPSA) is 46.9 Å². The van der Waals surface area contributed by atoms with Crippen molar-refractivity contribution in [3.05, 3.63) is 29.8 Å². The molecule has 1 atom stereocenters. The van der Waals surface area contributed by atoms with E-state index in [9.17, 15) is 5.11 Å². The van der Waals surface area contributed by atoms with Crippen molar-refractivity contribution in [3.8, 4) is 0 Å². The van der Waals surface area contributed by atoms with Crippen molar-refractivity contribution >= 4 is 5.69 Å². The lowest BCUT2D eigenvalue weighted by Gasteiger charge is -2.25. The minimum Gasteiger partial charge on any atom is -0.394 e. The van der Waals surface area contributed by atoms with E-state index in [1.807, 2.05) is 0 Å². The Morgan fingerprint density at radius 3 is 2.68 bits per heavy atom. The summed E-state index contributed by atoms with van der Waals surface area (Å²) in [5.74, 6) is 0. The number of aryl methyl sites for hydroxylation is 1. The van der Waals surface area contributed by atoms with Crippen LogP contribution in [0.1, 0.15) is 12.0 Å². The van der Waals surface area contributed by atoms with Crippen LogP contribution in [-0.4, -0.2) is 60.5 Å². The number of aliphatic hydroxyl groups is 2. The van der Waals surface area contributed by atoms with Gasteiger partial charge in [0.25, 0.3) is 0 Å². The van der Waals surface area contributed by atoms with Gasteiger partial charge in [-0.3, -0.25) is 4.90 Å². The van der Waals surface area contributed by atoms with Crippen molar-refractivity contribution < 1.29 is 10.2 Å². The molecule has 0 saturated carbocycles. The van der Waals surface area contributed by atoms with E-state index in [4.69, 9.17) is 5.11 Å². The minimum absolute atomic E-state index is 0.155. The largest absolute Gasteiger partial charge is 0.394 e. The molecule has 1 unspecified atom stereocenters. The average Bonchev–Trinajstić information content (AvgIpc) is 2.65. The van der Waals surface area contributed by atoms with Crippen LogP contribution in [0.5, 0.6) is 0 Å². The summed E-state index contributed by atoms with van der Waals surface area (Å²) < 4.78 is 0. The summed E-state index contributed by atoms with van der Waals surface area (Å²) in [6.07, 6.45) is 0.469. The van der Waals surface area contributed by atoms with Crippen LogP contribution in [0.4, 0.5) is 5.69 Å². The maximum atomic E-state index is 9.52. The Hall–Kier alpha value is -1.10. The van der Waals surface area contributed by atoms with E-state index in [0.717, 1.165) is 32.6 Å². The van der Waals surface area contributed by atoms with Gasteiger partial charge < -0.3 is 15.1 Å². The van der Waals surface area contributed by atoms with Crippen LogP contribution in [-0.2, 0) is 0 Å². The van der Waals surface area contributed by atoms with Gasteiger partial charge >= 0.3 is 0 Å². The molecule has 1 heterocycles. The van der Waals surface area contributed by atoms with E-state index >= 15 is 0 Å². The SMILES string of the molecule is Cc1ccccc1N1CCCN(CC(O)CO)CC1. The van der Waals surface area contributed by atoms with E-state index < -0.39 is 6.10 Å². The van der Waals surface area contributed by atoms with Gasteiger partial charge in [-0.1, -0.05) is 18.2 Å². The Kier molecular flexibility index (Phi) is 5.19. The number of hydrogen-bond acceptors (Lipinski definition) is 4. The fourth-order valence-electron chi connectivity index (χ4n) is 2.67. The smallest absolute Gasteiger partial charge is 0.0897 e. The molecule has 106 valence electrons. The van der Waals surface area contributed by atoms with Crippen molar-refractivity contribution in [3.63, 3.8) is 0 Å². The van der Waals surface area contributed by atoms with Crippen LogP contribution in [0, 0.1) is 6.92 Å². The molecule has 2 rings (SSSR count). The van der Waals surface area contributed by atoms with E-state index in [2.05, 4.69) is 41.0 Å². The second-order valence-corrected chi connectivity index (χ2v) is 5.26. The van der Waals surface area contributed by atoms with Crippen LogP contribution >= 0.6 is 0 Å². The molecule has 0 aromatic heterocycles.